The molecule has 2 rings (SSSR count). The fraction of sp³-hybridized carbons (Fsp3) is 0.214. The monoisotopic (exact) mass is 306 g/mol. The number of benzene rings is 1. The van der Waals surface area contributed by atoms with Gasteiger partial charge in [-0.15, -0.1) is 0 Å². The van der Waals surface area contributed by atoms with Crippen molar-refractivity contribution >= 4 is 21.7 Å². The van der Waals surface area contributed by atoms with Gasteiger partial charge in [-0.05, 0) is 46.6 Å². The second kappa shape index (κ2) is 5.87. The molecule has 1 aromatic heterocycles. The molecule has 0 aliphatic rings. The maximum Gasteiger partial charge on any atom is 0.134 e. The van der Waals surface area contributed by atoms with Gasteiger partial charge in [0.15, 0.2) is 0 Å². The molecule has 0 aliphatic heterocycles. The first kappa shape index (κ1) is 12.9. The molecule has 0 amide bonds. The van der Waals surface area contributed by atoms with Gasteiger partial charge in [0, 0.05) is 18.8 Å². The van der Waals surface area contributed by atoms with Crippen LogP contribution < -0.4 is 10.1 Å². The van der Waals surface area contributed by atoms with E-state index in [1.54, 1.807) is 6.20 Å². The van der Waals surface area contributed by atoms with Crippen molar-refractivity contribution in [2.24, 2.45) is 0 Å². The number of ether oxygens (including phenoxy) is 1. The predicted octanol–water partition coefficient (Wildman–Crippen LogP) is 3.77. The van der Waals surface area contributed by atoms with Crippen LogP contribution in [-0.2, 0) is 6.61 Å². The van der Waals surface area contributed by atoms with Crippen LogP contribution in [0.25, 0.3) is 0 Å². The molecule has 18 heavy (non-hydrogen) atoms. The Morgan fingerprint density at radius 1 is 1.33 bits per heavy atom. The molecule has 0 aliphatic carbocycles. The van der Waals surface area contributed by atoms with Crippen LogP contribution in [0.5, 0.6) is 5.75 Å². The summed E-state index contributed by atoms with van der Waals surface area (Å²) < 4.78 is 6.76. The smallest absolute Gasteiger partial charge is 0.134 e. The Labute approximate surface area is 115 Å². The van der Waals surface area contributed by atoms with Crippen molar-refractivity contribution in [3.63, 3.8) is 0 Å². The highest BCUT2D eigenvalue weighted by atomic mass is 79.9. The number of halogens is 1. The van der Waals surface area contributed by atoms with Crippen molar-refractivity contribution in [3.05, 3.63) is 52.1 Å². The van der Waals surface area contributed by atoms with Gasteiger partial charge in [0.1, 0.15) is 18.2 Å². The number of aryl methyl sites for hydroxylation is 1. The van der Waals surface area contributed by atoms with E-state index in [2.05, 4.69) is 33.2 Å². The van der Waals surface area contributed by atoms with Crippen LogP contribution >= 0.6 is 15.9 Å². The van der Waals surface area contributed by atoms with E-state index in [-0.39, 0.29) is 0 Å². The summed E-state index contributed by atoms with van der Waals surface area (Å²) >= 11 is 3.50. The first-order valence-electron chi connectivity index (χ1n) is 5.71. The van der Waals surface area contributed by atoms with Crippen molar-refractivity contribution in [2.75, 3.05) is 12.4 Å². The molecule has 1 N–H and O–H groups in total. The summed E-state index contributed by atoms with van der Waals surface area (Å²) in [6.07, 6.45) is 1.76. The van der Waals surface area contributed by atoms with E-state index in [4.69, 9.17) is 4.74 Å². The number of pyridine rings is 1. The fourth-order valence-electron chi connectivity index (χ4n) is 1.66. The molecule has 94 valence electrons. The third-order valence-electron chi connectivity index (χ3n) is 2.60. The van der Waals surface area contributed by atoms with Crippen molar-refractivity contribution in [1.82, 2.24) is 4.98 Å². The number of nitrogens with one attached hydrogen (secondary N) is 1. The van der Waals surface area contributed by atoms with Crippen molar-refractivity contribution in [3.8, 4) is 5.75 Å². The lowest BCUT2D eigenvalue weighted by Crippen LogP contribution is -2.02. The number of anilines is 1. The predicted molar refractivity (Wildman–Crippen MR) is 77.0 cm³/mol. The van der Waals surface area contributed by atoms with Crippen LogP contribution in [-0.4, -0.2) is 12.0 Å². The Balaban J connectivity index is 2.11. The summed E-state index contributed by atoms with van der Waals surface area (Å²) in [5.41, 5.74) is 2.24. The molecule has 0 saturated carbocycles. The van der Waals surface area contributed by atoms with E-state index < -0.39 is 0 Å². The largest absolute Gasteiger partial charge is 0.488 e. The van der Waals surface area contributed by atoms with Gasteiger partial charge in [-0.2, -0.15) is 0 Å². The number of hydrogen-bond donors (Lipinski definition) is 1. The molecule has 3 nitrogen and oxygen atoms in total. The highest BCUT2D eigenvalue weighted by Gasteiger charge is 2.05. The van der Waals surface area contributed by atoms with Crippen molar-refractivity contribution in [1.29, 1.82) is 0 Å². The molecule has 0 fully saturated rings. The van der Waals surface area contributed by atoms with Gasteiger partial charge in [-0.3, -0.25) is 0 Å². The maximum atomic E-state index is 5.79. The molecular formula is C14H15BrN2O. The zero-order valence-electron chi connectivity index (χ0n) is 10.4. The van der Waals surface area contributed by atoms with Crippen LogP contribution in [0.2, 0.25) is 0 Å². The van der Waals surface area contributed by atoms with Crippen LogP contribution in [0.3, 0.4) is 0 Å². The van der Waals surface area contributed by atoms with E-state index in [1.165, 1.54) is 5.56 Å². The lowest BCUT2D eigenvalue weighted by Gasteiger charge is -2.11. The van der Waals surface area contributed by atoms with Gasteiger partial charge in [-0.25, -0.2) is 4.98 Å². The summed E-state index contributed by atoms with van der Waals surface area (Å²) in [7, 11) is 1.85. The molecular weight excluding hydrogens is 292 g/mol. The Morgan fingerprint density at radius 3 is 2.89 bits per heavy atom. The molecule has 0 atom stereocenters. The van der Waals surface area contributed by atoms with E-state index in [9.17, 15) is 0 Å². The average molecular weight is 307 g/mol. The molecule has 1 heterocycles. The van der Waals surface area contributed by atoms with Gasteiger partial charge >= 0.3 is 0 Å². The topological polar surface area (TPSA) is 34.2 Å². The summed E-state index contributed by atoms with van der Waals surface area (Å²) in [5, 5.41) is 3.05. The molecule has 2 aromatic rings. The van der Waals surface area contributed by atoms with Crippen LogP contribution in [0, 0.1) is 6.92 Å². The Morgan fingerprint density at radius 2 is 2.17 bits per heavy atom. The summed E-state index contributed by atoms with van der Waals surface area (Å²) in [6, 6.07) is 9.94. The number of nitrogens with zero attached hydrogens (tertiary/aromatic N) is 1. The minimum absolute atomic E-state index is 0.492. The summed E-state index contributed by atoms with van der Waals surface area (Å²) in [6.45, 7) is 2.54. The SMILES string of the molecule is CNc1ncccc1COc1ccc(C)cc1Br. The quantitative estimate of drug-likeness (QED) is 0.933. The van der Waals surface area contributed by atoms with Crippen LogP contribution in [0.4, 0.5) is 5.82 Å². The number of aromatic nitrogens is 1. The van der Waals surface area contributed by atoms with Gasteiger partial charge in [0.2, 0.25) is 0 Å². The van der Waals surface area contributed by atoms with Gasteiger partial charge in [-0.1, -0.05) is 12.1 Å². The highest BCUT2D eigenvalue weighted by molar-refractivity contribution is 9.10. The Bertz CT molecular complexity index is 543. The number of rotatable bonds is 4. The molecule has 4 heteroatoms. The lowest BCUT2D eigenvalue weighted by molar-refractivity contribution is 0.304. The molecule has 0 saturated heterocycles. The highest BCUT2D eigenvalue weighted by Crippen LogP contribution is 2.27. The average Bonchev–Trinajstić information content (AvgIpc) is 2.38. The second-order valence-corrected chi connectivity index (χ2v) is 4.84. The second-order valence-electron chi connectivity index (χ2n) is 3.98. The summed E-state index contributed by atoms with van der Waals surface area (Å²) in [4.78, 5) is 4.24. The van der Waals surface area contributed by atoms with E-state index >= 15 is 0 Å². The molecule has 0 bridgehead atoms. The minimum Gasteiger partial charge on any atom is -0.488 e. The van der Waals surface area contributed by atoms with Gasteiger partial charge in [0.05, 0.1) is 4.47 Å². The standard InChI is InChI=1S/C14H15BrN2O/c1-10-5-6-13(12(15)8-10)18-9-11-4-3-7-17-14(11)16-2/h3-8H,9H2,1-2H3,(H,16,17). The van der Waals surface area contributed by atoms with Crippen LogP contribution in [0.15, 0.2) is 41.0 Å². The first-order valence-corrected chi connectivity index (χ1v) is 6.50. The maximum absolute atomic E-state index is 5.79. The Hall–Kier alpha value is -1.55. The first-order chi connectivity index (χ1) is 8.70. The van der Waals surface area contributed by atoms with Gasteiger partial charge in [0.25, 0.3) is 0 Å². The van der Waals surface area contributed by atoms with Crippen LogP contribution in [0.1, 0.15) is 11.1 Å². The molecule has 0 spiro atoms. The minimum atomic E-state index is 0.492. The van der Waals surface area contributed by atoms with Crippen molar-refractivity contribution < 1.29 is 4.74 Å². The zero-order valence-corrected chi connectivity index (χ0v) is 12.0. The van der Waals surface area contributed by atoms with E-state index in [1.807, 2.05) is 37.4 Å². The third kappa shape index (κ3) is 3.01. The molecule has 1 aromatic carbocycles. The lowest BCUT2D eigenvalue weighted by atomic mass is 10.2. The third-order valence-corrected chi connectivity index (χ3v) is 3.22. The van der Waals surface area contributed by atoms with Gasteiger partial charge < -0.3 is 10.1 Å². The van der Waals surface area contributed by atoms with Crippen molar-refractivity contribution in [2.45, 2.75) is 13.5 Å². The molecule has 0 radical (unpaired) electrons. The van der Waals surface area contributed by atoms with E-state index in [0.717, 1.165) is 21.6 Å². The zero-order chi connectivity index (χ0) is 13.0. The fourth-order valence-corrected chi connectivity index (χ4v) is 2.27. The molecule has 0 unspecified atom stereocenters. The number of hydrogen-bond acceptors (Lipinski definition) is 3. The Kier molecular flexibility index (Phi) is 4.20. The van der Waals surface area contributed by atoms with E-state index in [0.29, 0.717) is 6.61 Å². The normalized spacial score (nSPS) is 10.2. The summed E-state index contributed by atoms with van der Waals surface area (Å²) in [5.74, 6) is 1.69.